The van der Waals surface area contributed by atoms with E-state index >= 15 is 0 Å². The van der Waals surface area contributed by atoms with Crippen molar-refractivity contribution in [3.63, 3.8) is 0 Å². The molecule has 1 aliphatic rings. The largest absolute Gasteiger partial charge is 0.321 e. The third-order valence-corrected chi connectivity index (χ3v) is 3.57. The predicted octanol–water partition coefficient (Wildman–Crippen LogP) is 2.29. The number of nitrogens with zero attached hydrogens (tertiary/aromatic N) is 3. The summed E-state index contributed by atoms with van der Waals surface area (Å²) >= 11 is 0. The van der Waals surface area contributed by atoms with E-state index in [1.807, 2.05) is 0 Å². The Hall–Kier alpha value is -1.68. The zero-order valence-electron chi connectivity index (χ0n) is 10.8. The molecule has 2 heterocycles. The highest BCUT2D eigenvalue weighted by atomic mass is 15.3. The molecule has 18 heavy (non-hydrogen) atoms. The van der Waals surface area contributed by atoms with Crippen molar-refractivity contribution in [3.05, 3.63) is 35.7 Å². The SMILES string of the molecule is Cc1ccc(-c2nnc3n2CC(C)CC3N)cc1. The first-order valence-corrected chi connectivity index (χ1v) is 6.41. The Bertz CT molecular complexity index is 556. The number of hydrogen-bond donors (Lipinski definition) is 1. The highest BCUT2D eigenvalue weighted by molar-refractivity contribution is 5.56. The Morgan fingerprint density at radius 2 is 1.94 bits per heavy atom. The quantitative estimate of drug-likeness (QED) is 0.834. The Morgan fingerprint density at radius 1 is 1.22 bits per heavy atom. The van der Waals surface area contributed by atoms with Crippen LogP contribution in [0, 0.1) is 12.8 Å². The molecule has 0 fully saturated rings. The van der Waals surface area contributed by atoms with Gasteiger partial charge in [0.15, 0.2) is 5.82 Å². The molecular weight excluding hydrogens is 224 g/mol. The van der Waals surface area contributed by atoms with Gasteiger partial charge in [0.1, 0.15) is 5.82 Å². The lowest BCUT2D eigenvalue weighted by Crippen LogP contribution is -2.27. The summed E-state index contributed by atoms with van der Waals surface area (Å²) in [7, 11) is 0. The standard InChI is InChI=1S/C14H18N4/c1-9-3-5-11(6-4-9)13-16-17-14-12(15)7-10(2)8-18(13)14/h3-6,10,12H,7-8,15H2,1-2H3. The van der Waals surface area contributed by atoms with E-state index in [0.717, 1.165) is 30.2 Å². The van der Waals surface area contributed by atoms with Gasteiger partial charge in [0.25, 0.3) is 0 Å². The van der Waals surface area contributed by atoms with Crippen LogP contribution in [-0.4, -0.2) is 14.8 Å². The van der Waals surface area contributed by atoms with Crippen molar-refractivity contribution in [2.45, 2.75) is 32.9 Å². The highest BCUT2D eigenvalue weighted by Gasteiger charge is 2.26. The van der Waals surface area contributed by atoms with Crippen molar-refractivity contribution in [1.82, 2.24) is 14.8 Å². The zero-order valence-corrected chi connectivity index (χ0v) is 10.8. The number of fused-ring (bicyclic) bond motifs is 1. The third-order valence-electron chi connectivity index (χ3n) is 3.57. The van der Waals surface area contributed by atoms with E-state index in [2.05, 4.69) is 52.9 Å². The van der Waals surface area contributed by atoms with E-state index < -0.39 is 0 Å². The molecule has 2 unspecified atom stereocenters. The van der Waals surface area contributed by atoms with E-state index in [1.54, 1.807) is 0 Å². The zero-order chi connectivity index (χ0) is 12.7. The van der Waals surface area contributed by atoms with Crippen LogP contribution >= 0.6 is 0 Å². The van der Waals surface area contributed by atoms with Crippen LogP contribution in [0.5, 0.6) is 0 Å². The number of benzene rings is 1. The van der Waals surface area contributed by atoms with Gasteiger partial charge in [-0.2, -0.15) is 0 Å². The molecule has 1 aliphatic heterocycles. The molecule has 0 amide bonds. The van der Waals surface area contributed by atoms with Gasteiger partial charge in [0.05, 0.1) is 6.04 Å². The topological polar surface area (TPSA) is 56.7 Å². The van der Waals surface area contributed by atoms with Crippen molar-refractivity contribution >= 4 is 0 Å². The number of hydrogen-bond acceptors (Lipinski definition) is 3. The van der Waals surface area contributed by atoms with Gasteiger partial charge in [-0.25, -0.2) is 0 Å². The van der Waals surface area contributed by atoms with Crippen molar-refractivity contribution in [3.8, 4) is 11.4 Å². The second-order valence-corrected chi connectivity index (χ2v) is 5.31. The first-order chi connectivity index (χ1) is 8.65. The summed E-state index contributed by atoms with van der Waals surface area (Å²) in [5.41, 5.74) is 8.49. The normalized spacial score (nSPS) is 22.8. The fourth-order valence-electron chi connectivity index (χ4n) is 2.61. The van der Waals surface area contributed by atoms with Crippen LogP contribution in [0.3, 0.4) is 0 Å². The van der Waals surface area contributed by atoms with Gasteiger partial charge in [-0.15, -0.1) is 10.2 Å². The lowest BCUT2D eigenvalue weighted by molar-refractivity contribution is 0.348. The van der Waals surface area contributed by atoms with Crippen LogP contribution in [0.15, 0.2) is 24.3 Å². The maximum absolute atomic E-state index is 6.13. The van der Waals surface area contributed by atoms with Crippen molar-refractivity contribution in [2.24, 2.45) is 11.7 Å². The molecular formula is C14H18N4. The van der Waals surface area contributed by atoms with Crippen molar-refractivity contribution in [1.29, 1.82) is 0 Å². The van der Waals surface area contributed by atoms with Crippen molar-refractivity contribution in [2.75, 3.05) is 0 Å². The van der Waals surface area contributed by atoms with Gasteiger partial charge < -0.3 is 10.3 Å². The lowest BCUT2D eigenvalue weighted by Gasteiger charge is -2.25. The summed E-state index contributed by atoms with van der Waals surface area (Å²) in [4.78, 5) is 0. The summed E-state index contributed by atoms with van der Waals surface area (Å²) < 4.78 is 2.17. The minimum Gasteiger partial charge on any atom is -0.321 e. The second kappa shape index (κ2) is 4.21. The third kappa shape index (κ3) is 1.82. The highest BCUT2D eigenvalue weighted by Crippen LogP contribution is 2.29. The molecule has 4 nitrogen and oxygen atoms in total. The number of nitrogens with two attached hydrogens (primary N) is 1. The Kier molecular flexibility index (Phi) is 2.67. The summed E-state index contributed by atoms with van der Waals surface area (Å²) in [6, 6.07) is 8.40. The molecule has 94 valence electrons. The number of aromatic nitrogens is 3. The van der Waals surface area contributed by atoms with Gasteiger partial charge in [0.2, 0.25) is 0 Å². The molecule has 2 N–H and O–H groups in total. The van der Waals surface area contributed by atoms with Crippen LogP contribution in [0.25, 0.3) is 11.4 Å². The number of rotatable bonds is 1. The first kappa shape index (κ1) is 11.4. The van der Waals surface area contributed by atoms with Gasteiger partial charge >= 0.3 is 0 Å². The maximum Gasteiger partial charge on any atom is 0.164 e. The molecule has 0 radical (unpaired) electrons. The van der Waals surface area contributed by atoms with Crippen LogP contribution in [0.4, 0.5) is 0 Å². The van der Waals surface area contributed by atoms with Gasteiger partial charge in [-0.05, 0) is 19.3 Å². The maximum atomic E-state index is 6.13. The molecule has 3 rings (SSSR count). The van der Waals surface area contributed by atoms with Gasteiger partial charge in [-0.1, -0.05) is 36.8 Å². The van der Waals surface area contributed by atoms with E-state index in [9.17, 15) is 0 Å². The van der Waals surface area contributed by atoms with Crippen LogP contribution in [-0.2, 0) is 6.54 Å². The molecule has 0 spiro atoms. The Balaban J connectivity index is 2.06. The van der Waals surface area contributed by atoms with E-state index in [4.69, 9.17) is 5.73 Å². The molecule has 0 bridgehead atoms. The molecule has 1 aromatic heterocycles. The monoisotopic (exact) mass is 242 g/mol. The first-order valence-electron chi connectivity index (χ1n) is 6.41. The summed E-state index contributed by atoms with van der Waals surface area (Å²) in [5.74, 6) is 2.43. The summed E-state index contributed by atoms with van der Waals surface area (Å²) in [6.07, 6.45) is 0.992. The molecule has 4 heteroatoms. The lowest BCUT2D eigenvalue weighted by atomic mass is 9.97. The summed E-state index contributed by atoms with van der Waals surface area (Å²) in [6.45, 7) is 5.27. The van der Waals surface area contributed by atoms with E-state index in [1.165, 1.54) is 5.56 Å². The van der Waals surface area contributed by atoms with Gasteiger partial charge in [0, 0.05) is 12.1 Å². The predicted molar refractivity (Wildman–Crippen MR) is 70.9 cm³/mol. The molecule has 0 saturated heterocycles. The Labute approximate surface area is 107 Å². The molecule has 2 atom stereocenters. The van der Waals surface area contributed by atoms with Gasteiger partial charge in [-0.3, -0.25) is 0 Å². The van der Waals surface area contributed by atoms with E-state index in [-0.39, 0.29) is 6.04 Å². The average molecular weight is 242 g/mol. The molecule has 2 aromatic rings. The van der Waals surface area contributed by atoms with Crippen LogP contribution in [0.1, 0.15) is 30.8 Å². The van der Waals surface area contributed by atoms with Crippen LogP contribution < -0.4 is 5.73 Å². The Morgan fingerprint density at radius 3 is 2.67 bits per heavy atom. The molecule has 0 aliphatic carbocycles. The minimum atomic E-state index is 0.0143. The molecule has 0 saturated carbocycles. The molecule has 1 aromatic carbocycles. The average Bonchev–Trinajstić information content (AvgIpc) is 2.74. The van der Waals surface area contributed by atoms with Crippen LogP contribution in [0.2, 0.25) is 0 Å². The van der Waals surface area contributed by atoms with Crippen molar-refractivity contribution < 1.29 is 0 Å². The minimum absolute atomic E-state index is 0.0143. The summed E-state index contributed by atoms with van der Waals surface area (Å²) in [5, 5.41) is 8.57. The second-order valence-electron chi connectivity index (χ2n) is 5.31. The fourth-order valence-corrected chi connectivity index (χ4v) is 2.61. The van der Waals surface area contributed by atoms with E-state index in [0.29, 0.717) is 5.92 Å². The fraction of sp³-hybridized carbons (Fsp3) is 0.429. The smallest absolute Gasteiger partial charge is 0.164 e. The number of aryl methyl sites for hydroxylation is 1.